The summed E-state index contributed by atoms with van der Waals surface area (Å²) in [6, 6.07) is 0.551. The second-order valence-electron chi connectivity index (χ2n) is 6.75. The minimum Gasteiger partial charge on any atom is -0.324 e. The van der Waals surface area contributed by atoms with Gasteiger partial charge in [-0.1, -0.05) is 33.1 Å². The molecule has 0 bridgehead atoms. The first-order chi connectivity index (χ1) is 10.2. The SMILES string of the molecule is CCCCC1NC(CCC)N(CC(C)N2CCCC2)C1=O. The van der Waals surface area contributed by atoms with Crippen LogP contribution in [0.1, 0.15) is 65.7 Å². The van der Waals surface area contributed by atoms with Gasteiger partial charge in [-0.2, -0.15) is 0 Å². The van der Waals surface area contributed by atoms with Crippen molar-refractivity contribution >= 4 is 5.91 Å². The van der Waals surface area contributed by atoms with Crippen molar-refractivity contribution in [2.75, 3.05) is 19.6 Å². The van der Waals surface area contributed by atoms with E-state index in [9.17, 15) is 4.79 Å². The first-order valence-electron chi connectivity index (χ1n) is 8.98. The van der Waals surface area contributed by atoms with E-state index in [0.717, 1.165) is 38.6 Å². The zero-order valence-corrected chi connectivity index (χ0v) is 14.1. The van der Waals surface area contributed by atoms with Gasteiger partial charge >= 0.3 is 0 Å². The van der Waals surface area contributed by atoms with Gasteiger partial charge in [0.25, 0.3) is 0 Å². The first-order valence-corrected chi connectivity index (χ1v) is 8.98. The third kappa shape index (κ3) is 4.19. The van der Waals surface area contributed by atoms with Crippen LogP contribution in [-0.2, 0) is 4.79 Å². The highest BCUT2D eigenvalue weighted by atomic mass is 16.2. The van der Waals surface area contributed by atoms with Crippen LogP contribution in [0.3, 0.4) is 0 Å². The summed E-state index contributed by atoms with van der Waals surface area (Å²) in [5, 5.41) is 3.58. The lowest BCUT2D eigenvalue weighted by molar-refractivity contribution is -0.131. The van der Waals surface area contributed by atoms with Gasteiger partial charge in [-0.15, -0.1) is 0 Å². The van der Waals surface area contributed by atoms with Crippen molar-refractivity contribution in [1.82, 2.24) is 15.1 Å². The smallest absolute Gasteiger partial charge is 0.241 e. The van der Waals surface area contributed by atoms with Crippen molar-refractivity contribution in [1.29, 1.82) is 0 Å². The number of carbonyl (C=O) groups excluding carboxylic acids is 1. The van der Waals surface area contributed by atoms with E-state index < -0.39 is 0 Å². The average molecular weight is 295 g/mol. The second-order valence-corrected chi connectivity index (χ2v) is 6.75. The Bertz CT molecular complexity index is 328. The third-order valence-corrected chi connectivity index (χ3v) is 4.98. The number of hydrogen-bond acceptors (Lipinski definition) is 3. The van der Waals surface area contributed by atoms with Crippen molar-refractivity contribution in [2.45, 2.75) is 84.0 Å². The minimum absolute atomic E-state index is 0.0623. The summed E-state index contributed by atoms with van der Waals surface area (Å²) in [5.41, 5.74) is 0. The van der Waals surface area contributed by atoms with Gasteiger partial charge in [-0.25, -0.2) is 0 Å². The molecule has 0 spiro atoms. The minimum atomic E-state index is 0.0623. The molecule has 122 valence electrons. The van der Waals surface area contributed by atoms with Crippen LogP contribution < -0.4 is 5.32 Å². The average Bonchev–Trinajstić information content (AvgIpc) is 3.09. The molecule has 0 radical (unpaired) electrons. The highest BCUT2D eigenvalue weighted by molar-refractivity contribution is 5.84. The molecular weight excluding hydrogens is 262 g/mol. The summed E-state index contributed by atoms with van der Waals surface area (Å²) < 4.78 is 0. The molecule has 21 heavy (non-hydrogen) atoms. The van der Waals surface area contributed by atoms with Crippen LogP contribution in [0.2, 0.25) is 0 Å². The van der Waals surface area contributed by atoms with Crippen LogP contribution in [-0.4, -0.2) is 53.6 Å². The predicted molar refractivity (Wildman–Crippen MR) is 87.1 cm³/mol. The highest BCUT2D eigenvalue weighted by Gasteiger charge is 2.38. The summed E-state index contributed by atoms with van der Waals surface area (Å²) in [5.74, 6) is 0.341. The molecule has 0 aliphatic carbocycles. The number of hydrogen-bond donors (Lipinski definition) is 1. The molecule has 2 heterocycles. The monoisotopic (exact) mass is 295 g/mol. The van der Waals surface area contributed by atoms with E-state index in [-0.39, 0.29) is 12.2 Å². The fraction of sp³-hybridized carbons (Fsp3) is 0.941. The molecule has 1 amide bonds. The molecule has 2 aliphatic rings. The van der Waals surface area contributed by atoms with E-state index in [4.69, 9.17) is 0 Å². The van der Waals surface area contributed by atoms with Gasteiger partial charge in [0.1, 0.15) is 0 Å². The van der Waals surface area contributed by atoms with Crippen LogP contribution in [0.15, 0.2) is 0 Å². The quantitative estimate of drug-likeness (QED) is 0.747. The molecule has 2 fully saturated rings. The van der Waals surface area contributed by atoms with Gasteiger partial charge in [0.05, 0.1) is 12.2 Å². The maximum absolute atomic E-state index is 12.7. The molecule has 3 unspecified atom stereocenters. The number of amides is 1. The van der Waals surface area contributed by atoms with Crippen molar-refractivity contribution in [3.8, 4) is 0 Å². The summed E-state index contributed by atoms with van der Waals surface area (Å²) >= 11 is 0. The van der Waals surface area contributed by atoms with Crippen LogP contribution in [0.5, 0.6) is 0 Å². The summed E-state index contributed by atoms with van der Waals surface area (Å²) in [7, 11) is 0. The lowest BCUT2D eigenvalue weighted by atomic mass is 10.1. The van der Waals surface area contributed by atoms with E-state index >= 15 is 0 Å². The van der Waals surface area contributed by atoms with Crippen molar-refractivity contribution in [3.05, 3.63) is 0 Å². The number of likely N-dealkylation sites (tertiary alicyclic amines) is 1. The molecule has 0 aromatic carbocycles. The molecular formula is C17H33N3O. The topological polar surface area (TPSA) is 35.6 Å². The second kappa shape index (κ2) is 8.14. The molecule has 1 N–H and O–H groups in total. The van der Waals surface area contributed by atoms with Crippen LogP contribution in [0.4, 0.5) is 0 Å². The summed E-state index contributed by atoms with van der Waals surface area (Å²) in [6.07, 6.45) is 8.37. The van der Waals surface area contributed by atoms with Gasteiger partial charge < -0.3 is 4.90 Å². The molecule has 0 aromatic heterocycles. The molecule has 0 saturated carbocycles. The van der Waals surface area contributed by atoms with Gasteiger partial charge in [0.15, 0.2) is 0 Å². The summed E-state index contributed by atoms with van der Waals surface area (Å²) in [6.45, 7) is 9.96. The number of nitrogens with one attached hydrogen (secondary N) is 1. The Morgan fingerprint density at radius 2 is 1.90 bits per heavy atom. The van der Waals surface area contributed by atoms with Crippen LogP contribution >= 0.6 is 0 Å². The number of unbranched alkanes of at least 4 members (excludes halogenated alkanes) is 1. The normalized spacial score (nSPS) is 28.5. The number of nitrogens with zero attached hydrogens (tertiary/aromatic N) is 2. The van der Waals surface area contributed by atoms with Crippen molar-refractivity contribution < 1.29 is 4.79 Å². The lowest BCUT2D eigenvalue weighted by Crippen LogP contribution is -2.46. The maximum atomic E-state index is 12.7. The Morgan fingerprint density at radius 3 is 2.52 bits per heavy atom. The van der Waals surface area contributed by atoms with Gasteiger partial charge in [0, 0.05) is 12.6 Å². The fourth-order valence-corrected chi connectivity index (χ4v) is 3.67. The standard InChI is InChI=1S/C17H33N3O/c1-4-6-10-15-17(21)20(16(18-15)9-5-2)13-14(3)19-11-7-8-12-19/h14-16,18H,4-13H2,1-3H3. The van der Waals surface area contributed by atoms with E-state index in [1.54, 1.807) is 0 Å². The van der Waals surface area contributed by atoms with Crippen molar-refractivity contribution in [2.24, 2.45) is 0 Å². The van der Waals surface area contributed by atoms with Crippen LogP contribution in [0.25, 0.3) is 0 Å². The Balaban J connectivity index is 1.94. The Hall–Kier alpha value is -0.610. The van der Waals surface area contributed by atoms with E-state index in [2.05, 4.69) is 35.9 Å². The van der Waals surface area contributed by atoms with Gasteiger partial charge in [-0.05, 0) is 45.7 Å². The molecule has 3 atom stereocenters. The highest BCUT2D eigenvalue weighted by Crippen LogP contribution is 2.21. The predicted octanol–water partition coefficient (Wildman–Crippen LogP) is 2.59. The molecule has 2 rings (SSSR count). The van der Waals surface area contributed by atoms with E-state index in [1.807, 2.05) is 0 Å². The molecule has 2 aliphatic heterocycles. The fourth-order valence-electron chi connectivity index (χ4n) is 3.67. The molecule has 4 heteroatoms. The van der Waals surface area contributed by atoms with Gasteiger partial charge in [-0.3, -0.25) is 15.0 Å². The maximum Gasteiger partial charge on any atom is 0.241 e. The van der Waals surface area contributed by atoms with E-state index in [0.29, 0.717) is 11.9 Å². The lowest BCUT2D eigenvalue weighted by Gasteiger charge is -2.31. The largest absolute Gasteiger partial charge is 0.324 e. The zero-order valence-electron chi connectivity index (χ0n) is 14.1. The van der Waals surface area contributed by atoms with Crippen LogP contribution in [0, 0.1) is 0 Å². The van der Waals surface area contributed by atoms with E-state index in [1.165, 1.54) is 25.9 Å². The molecule has 2 saturated heterocycles. The first kappa shape index (κ1) is 16.8. The Morgan fingerprint density at radius 1 is 1.19 bits per heavy atom. The Labute approximate surface area is 130 Å². The third-order valence-electron chi connectivity index (χ3n) is 4.98. The van der Waals surface area contributed by atoms with Gasteiger partial charge in [0.2, 0.25) is 5.91 Å². The summed E-state index contributed by atoms with van der Waals surface area (Å²) in [4.78, 5) is 17.4. The zero-order chi connectivity index (χ0) is 15.2. The number of carbonyl (C=O) groups is 1. The van der Waals surface area contributed by atoms with Crippen molar-refractivity contribution in [3.63, 3.8) is 0 Å². The molecule has 4 nitrogen and oxygen atoms in total. The Kier molecular flexibility index (Phi) is 6.49. The molecule has 0 aromatic rings. The number of rotatable bonds is 8.